The van der Waals surface area contributed by atoms with Crippen LogP contribution in [0.5, 0.6) is 5.75 Å². The fraction of sp³-hybridized carbons (Fsp3) is 0.250. The summed E-state index contributed by atoms with van der Waals surface area (Å²) in [5.74, 6) is 0.138. The Bertz CT molecular complexity index is 885. The normalized spacial score (nSPS) is 11.0. The smallest absolute Gasteiger partial charge is 0.336 e. The van der Waals surface area contributed by atoms with Crippen LogP contribution in [0.15, 0.2) is 57.7 Å². The number of aryl methyl sites for hydroxylation is 2. The van der Waals surface area contributed by atoms with Crippen LogP contribution in [0.3, 0.4) is 0 Å². The lowest BCUT2D eigenvalue weighted by atomic mass is 10.1. The highest BCUT2D eigenvalue weighted by molar-refractivity contribution is 5.84. The minimum Gasteiger partial charge on any atom is -0.508 e. The number of benzene rings is 2. The maximum Gasteiger partial charge on any atom is 0.336 e. The summed E-state index contributed by atoms with van der Waals surface area (Å²) in [7, 11) is 0. The Morgan fingerprint density at radius 3 is 2.71 bits per heavy atom. The van der Waals surface area contributed by atoms with E-state index in [0.29, 0.717) is 17.7 Å². The van der Waals surface area contributed by atoms with Gasteiger partial charge in [0.1, 0.15) is 11.3 Å². The van der Waals surface area contributed by atoms with Crippen molar-refractivity contribution in [3.63, 3.8) is 0 Å². The number of aromatic hydroxyl groups is 1. The van der Waals surface area contributed by atoms with Gasteiger partial charge in [0.25, 0.3) is 0 Å². The molecular formula is C20H21NO3. The zero-order valence-electron chi connectivity index (χ0n) is 13.7. The van der Waals surface area contributed by atoms with Crippen LogP contribution in [0.25, 0.3) is 11.0 Å². The van der Waals surface area contributed by atoms with Crippen molar-refractivity contribution in [2.24, 2.45) is 0 Å². The first-order valence-electron chi connectivity index (χ1n) is 8.15. The number of fused-ring (bicyclic) bond motifs is 1. The van der Waals surface area contributed by atoms with E-state index in [1.807, 2.05) is 6.07 Å². The van der Waals surface area contributed by atoms with Crippen LogP contribution in [0, 0.1) is 6.92 Å². The molecule has 0 saturated carbocycles. The molecular weight excluding hydrogens is 302 g/mol. The summed E-state index contributed by atoms with van der Waals surface area (Å²) in [5.41, 5.74) is 2.89. The van der Waals surface area contributed by atoms with E-state index in [0.717, 1.165) is 30.3 Å². The van der Waals surface area contributed by atoms with Crippen LogP contribution in [-0.4, -0.2) is 11.7 Å². The van der Waals surface area contributed by atoms with Crippen molar-refractivity contribution >= 4 is 11.0 Å². The predicted molar refractivity (Wildman–Crippen MR) is 95.4 cm³/mol. The second kappa shape index (κ2) is 7.32. The molecule has 2 aromatic carbocycles. The van der Waals surface area contributed by atoms with Gasteiger partial charge < -0.3 is 14.8 Å². The molecule has 0 atom stereocenters. The highest BCUT2D eigenvalue weighted by Crippen LogP contribution is 2.27. The molecule has 1 heterocycles. The molecule has 0 saturated heterocycles. The van der Waals surface area contributed by atoms with Crippen molar-refractivity contribution in [1.29, 1.82) is 0 Å². The Hall–Kier alpha value is -2.59. The molecule has 0 bridgehead atoms. The molecule has 0 aliphatic heterocycles. The van der Waals surface area contributed by atoms with Crippen molar-refractivity contribution in [2.75, 3.05) is 6.54 Å². The second-order valence-electron chi connectivity index (χ2n) is 5.94. The molecule has 4 nitrogen and oxygen atoms in total. The Balaban J connectivity index is 1.65. The second-order valence-corrected chi connectivity index (χ2v) is 5.94. The molecule has 0 unspecified atom stereocenters. The van der Waals surface area contributed by atoms with Crippen molar-refractivity contribution < 1.29 is 9.52 Å². The Morgan fingerprint density at radius 2 is 1.92 bits per heavy atom. The molecule has 0 fully saturated rings. The van der Waals surface area contributed by atoms with Crippen molar-refractivity contribution in [3.8, 4) is 5.75 Å². The first-order chi connectivity index (χ1) is 11.6. The predicted octanol–water partition coefficient (Wildman–Crippen LogP) is 3.53. The summed E-state index contributed by atoms with van der Waals surface area (Å²) in [6.07, 6.45) is 2.06. The average Bonchev–Trinajstić information content (AvgIpc) is 2.59. The first-order valence-corrected chi connectivity index (χ1v) is 8.15. The third-order valence-electron chi connectivity index (χ3n) is 4.20. The molecule has 1 aromatic heterocycles. The highest BCUT2D eigenvalue weighted by atomic mass is 16.4. The van der Waals surface area contributed by atoms with Gasteiger partial charge in [-0.2, -0.15) is 0 Å². The molecule has 3 aromatic rings. The lowest BCUT2D eigenvalue weighted by molar-refractivity contribution is 0.468. The van der Waals surface area contributed by atoms with Crippen molar-refractivity contribution in [1.82, 2.24) is 5.32 Å². The van der Waals surface area contributed by atoms with Crippen LogP contribution in [0.4, 0.5) is 0 Å². The van der Waals surface area contributed by atoms with Crippen LogP contribution in [0.1, 0.15) is 23.1 Å². The standard InChI is InChI=1S/C20H21NO3/c1-14-18(22)10-9-17-16(12-19(23)24-20(14)17)13-21-11-5-8-15-6-3-2-4-7-15/h2-4,6-7,9-10,12,21-22H,5,8,11,13H2,1H3. The van der Waals surface area contributed by atoms with Gasteiger partial charge in [-0.15, -0.1) is 0 Å². The zero-order valence-corrected chi connectivity index (χ0v) is 13.7. The number of rotatable bonds is 6. The lowest BCUT2D eigenvalue weighted by Gasteiger charge is -2.09. The monoisotopic (exact) mass is 323 g/mol. The number of nitrogens with one attached hydrogen (secondary N) is 1. The largest absolute Gasteiger partial charge is 0.508 e. The van der Waals surface area contributed by atoms with E-state index < -0.39 is 5.63 Å². The lowest BCUT2D eigenvalue weighted by Crippen LogP contribution is -2.17. The fourth-order valence-electron chi connectivity index (χ4n) is 2.85. The minimum atomic E-state index is -0.391. The highest BCUT2D eigenvalue weighted by Gasteiger charge is 2.10. The third-order valence-corrected chi connectivity index (χ3v) is 4.20. The van der Waals surface area contributed by atoms with Gasteiger partial charge in [0.05, 0.1) is 0 Å². The number of hydrogen-bond acceptors (Lipinski definition) is 4. The van der Waals surface area contributed by atoms with E-state index in [2.05, 4.69) is 29.6 Å². The number of hydrogen-bond donors (Lipinski definition) is 2. The van der Waals surface area contributed by atoms with Gasteiger partial charge in [0.15, 0.2) is 0 Å². The van der Waals surface area contributed by atoms with Crippen LogP contribution < -0.4 is 10.9 Å². The van der Waals surface area contributed by atoms with Crippen molar-refractivity contribution in [3.05, 3.63) is 75.6 Å². The molecule has 24 heavy (non-hydrogen) atoms. The van der Waals surface area contributed by atoms with Crippen LogP contribution in [0.2, 0.25) is 0 Å². The molecule has 0 amide bonds. The SMILES string of the molecule is Cc1c(O)ccc2c(CNCCCc3ccccc3)cc(=O)oc12. The maximum atomic E-state index is 11.8. The zero-order chi connectivity index (χ0) is 16.9. The van der Waals surface area contributed by atoms with Crippen molar-refractivity contribution in [2.45, 2.75) is 26.3 Å². The van der Waals surface area contributed by atoms with E-state index in [4.69, 9.17) is 4.42 Å². The van der Waals surface area contributed by atoms with Gasteiger partial charge in [-0.3, -0.25) is 0 Å². The van der Waals surface area contributed by atoms with Gasteiger partial charge >= 0.3 is 5.63 Å². The van der Waals surface area contributed by atoms with Gasteiger partial charge in [0, 0.05) is 23.6 Å². The molecule has 0 radical (unpaired) electrons. The van der Waals surface area contributed by atoms with Gasteiger partial charge in [-0.05, 0) is 49.6 Å². The first kappa shape index (κ1) is 16.3. The molecule has 124 valence electrons. The summed E-state index contributed by atoms with van der Waals surface area (Å²) in [6, 6.07) is 15.3. The Morgan fingerprint density at radius 1 is 1.12 bits per heavy atom. The Labute approximate surface area is 140 Å². The summed E-state index contributed by atoms with van der Waals surface area (Å²) in [6.45, 7) is 3.21. The third kappa shape index (κ3) is 3.66. The number of phenols is 1. The summed E-state index contributed by atoms with van der Waals surface area (Å²) < 4.78 is 5.26. The molecule has 4 heteroatoms. The van der Waals surface area contributed by atoms with Gasteiger partial charge in [-0.25, -0.2) is 4.79 Å². The molecule has 2 N–H and O–H groups in total. The minimum absolute atomic E-state index is 0.138. The van der Waals surface area contributed by atoms with Crippen LogP contribution in [-0.2, 0) is 13.0 Å². The van der Waals surface area contributed by atoms with E-state index in [1.165, 1.54) is 11.6 Å². The van der Waals surface area contributed by atoms with E-state index in [9.17, 15) is 9.90 Å². The maximum absolute atomic E-state index is 11.8. The average molecular weight is 323 g/mol. The van der Waals surface area contributed by atoms with Gasteiger partial charge in [-0.1, -0.05) is 30.3 Å². The molecule has 0 aliphatic carbocycles. The summed E-state index contributed by atoms with van der Waals surface area (Å²) in [4.78, 5) is 11.8. The molecule has 0 spiro atoms. The Kier molecular flexibility index (Phi) is 4.96. The molecule has 3 rings (SSSR count). The van der Waals surface area contributed by atoms with Gasteiger partial charge in [0.2, 0.25) is 0 Å². The quantitative estimate of drug-likeness (QED) is 0.538. The van der Waals surface area contributed by atoms with E-state index in [1.54, 1.807) is 19.1 Å². The van der Waals surface area contributed by atoms with Crippen LogP contribution >= 0.6 is 0 Å². The topological polar surface area (TPSA) is 62.5 Å². The molecule has 0 aliphatic rings. The summed E-state index contributed by atoms with van der Waals surface area (Å²) in [5, 5.41) is 14.0. The van der Waals surface area contributed by atoms with E-state index in [-0.39, 0.29) is 5.75 Å². The van der Waals surface area contributed by atoms with E-state index >= 15 is 0 Å². The number of phenolic OH excluding ortho intramolecular Hbond substituents is 1. The fourth-order valence-corrected chi connectivity index (χ4v) is 2.85. The summed E-state index contributed by atoms with van der Waals surface area (Å²) >= 11 is 0.